The predicted octanol–water partition coefficient (Wildman–Crippen LogP) is -0.790. The van der Waals surface area contributed by atoms with Gasteiger partial charge in [0.2, 0.25) is 0 Å². The summed E-state index contributed by atoms with van der Waals surface area (Å²) in [5.74, 6) is 0. The second-order valence-electron chi connectivity index (χ2n) is 2.96. The highest BCUT2D eigenvalue weighted by atomic mass is 15.1. The lowest BCUT2D eigenvalue weighted by molar-refractivity contribution is 0.406. The van der Waals surface area contributed by atoms with Gasteiger partial charge in [0.15, 0.2) is 0 Å². The summed E-state index contributed by atoms with van der Waals surface area (Å²) >= 11 is 0. The predicted molar refractivity (Wildman–Crippen MR) is 50.0 cm³/mol. The topological polar surface area (TPSA) is 76.1 Å². The van der Waals surface area contributed by atoms with Gasteiger partial charge in [-0.3, -0.25) is 5.32 Å². The van der Waals surface area contributed by atoms with Gasteiger partial charge in [-0.2, -0.15) is 0 Å². The van der Waals surface area contributed by atoms with E-state index < -0.39 is 5.66 Å². The standard InChI is InChI=1S/C8H16N4/c1-11-6-3-4-7(9)8(10,5-6)12-2/h3-4,11-12H,5,9-10H2,1-2H3. The van der Waals surface area contributed by atoms with Crippen LogP contribution in [0, 0.1) is 0 Å². The molecule has 0 fully saturated rings. The minimum Gasteiger partial charge on any atom is -0.399 e. The van der Waals surface area contributed by atoms with Crippen LogP contribution in [0.15, 0.2) is 23.5 Å². The van der Waals surface area contributed by atoms with Gasteiger partial charge in [0.1, 0.15) is 5.66 Å². The minimum atomic E-state index is -0.590. The summed E-state index contributed by atoms with van der Waals surface area (Å²) in [4.78, 5) is 0. The Labute approximate surface area is 72.7 Å². The maximum absolute atomic E-state index is 5.98. The van der Waals surface area contributed by atoms with Crippen LogP contribution in [-0.4, -0.2) is 19.8 Å². The Balaban J connectivity index is 2.86. The molecule has 0 saturated carbocycles. The van der Waals surface area contributed by atoms with Crippen LogP contribution in [0.1, 0.15) is 6.42 Å². The molecule has 0 aromatic heterocycles. The smallest absolute Gasteiger partial charge is 0.112 e. The number of allylic oxidation sites excluding steroid dienone is 2. The summed E-state index contributed by atoms with van der Waals surface area (Å²) < 4.78 is 0. The zero-order valence-electron chi connectivity index (χ0n) is 7.52. The monoisotopic (exact) mass is 168 g/mol. The summed E-state index contributed by atoms with van der Waals surface area (Å²) in [6, 6.07) is 0. The Kier molecular flexibility index (Phi) is 2.40. The van der Waals surface area contributed by atoms with Gasteiger partial charge in [-0.15, -0.1) is 0 Å². The van der Waals surface area contributed by atoms with Crippen LogP contribution in [0.4, 0.5) is 0 Å². The third-order valence-corrected chi connectivity index (χ3v) is 2.22. The van der Waals surface area contributed by atoms with Gasteiger partial charge in [-0.05, 0) is 19.2 Å². The third kappa shape index (κ3) is 1.44. The highest BCUT2D eigenvalue weighted by molar-refractivity contribution is 5.30. The van der Waals surface area contributed by atoms with Crippen molar-refractivity contribution < 1.29 is 0 Å². The number of hydrogen-bond donors (Lipinski definition) is 4. The van der Waals surface area contributed by atoms with Crippen molar-refractivity contribution in [3.05, 3.63) is 23.5 Å². The molecular formula is C8H16N4. The van der Waals surface area contributed by atoms with Gasteiger partial charge < -0.3 is 16.8 Å². The van der Waals surface area contributed by atoms with Crippen LogP contribution in [0.3, 0.4) is 0 Å². The molecule has 4 nitrogen and oxygen atoms in total. The number of rotatable bonds is 2. The Bertz CT molecular complexity index is 231. The van der Waals surface area contributed by atoms with Crippen LogP contribution in [0.25, 0.3) is 0 Å². The Morgan fingerprint density at radius 2 is 2.08 bits per heavy atom. The first-order valence-corrected chi connectivity index (χ1v) is 3.95. The molecule has 6 N–H and O–H groups in total. The van der Waals surface area contributed by atoms with Gasteiger partial charge in [-0.1, -0.05) is 0 Å². The molecule has 4 heteroatoms. The van der Waals surface area contributed by atoms with Crippen molar-refractivity contribution in [3.8, 4) is 0 Å². The zero-order valence-corrected chi connectivity index (χ0v) is 7.52. The number of nitrogens with one attached hydrogen (secondary N) is 2. The third-order valence-electron chi connectivity index (χ3n) is 2.22. The van der Waals surface area contributed by atoms with E-state index in [2.05, 4.69) is 10.6 Å². The molecule has 68 valence electrons. The first-order chi connectivity index (χ1) is 5.62. The lowest BCUT2D eigenvalue weighted by atomic mass is 9.96. The molecule has 1 rings (SSSR count). The lowest BCUT2D eigenvalue weighted by Crippen LogP contribution is -2.57. The molecule has 1 aliphatic rings. The van der Waals surface area contributed by atoms with Crippen LogP contribution in [0.5, 0.6) is 0 Å². The maximum atomic E-state index is 5.98. The molecule has 0 radical (unpaired) electrons. The molecule has 0 aliphatic heterocycles. The zero-order chi connectivity index (χ0) is 9.19. The van der Waals surface area contributed by atoms with E-state index in [1.165, 1.54) is 0 Å². The fraction of sp³-hybridized carbons (Fsp3) is 0.500. The highest BCUT2D eigenvalue weighted by Crippen LogP contribution is 2.19. The summed E-state index contributed by atoms with van der Waals surface area (Å²) in [6.07, 6.45) is 4.46. The van der Waals surface area contributed by atoms with Crippen molar-refractivity contribution in [1.82, 2.24) is 10.6 Å². The van der Waals surface area contributed by atoms with Crippen LogP contribution >= 0.6 is 0 Å². The Morgan fingerprint density at radius 3 is 2.58 bits per heavy atom. The van der Waals surface area contributed by atoms with Gasteiger partial charge >= 0.3 is 0 Å². The van der Waals surface area contributed by atoms with Crippen molar-refractivity contribution >= 4 is 0 Å². The van der Waals surface area contributed by atoms with E-state index in [-0.39, 0.29) is 0 Å². The minimum absolute atomic E-state index is 0.590. The van der Waals surface area contributed by atoms with E-state index in [4.69, 9.17) is 11.5 Å². The summed E-state index contributed by atoms with van der Waals surface area (Å²) in [5.41, 5.74) is 12.9. The molecule has 0 bridgehead atoms. The second kappa shape index (κ2) is 3.16. The van der Waals surface area contributed by atoms with Gasteiger partial charge in [0.05, 0.1) is 0 Å². The molecule has 12 heavy (non-hydrogen) atoms. The van der Waals surface area contributed by atoms with Gasteiger partial charge in [0, 0.05) is 24.9 Å². The summed E-state index contributed by atoms with van der Waals surface area (Å²) in [7, 11) is 3.68. The lowest BCUT2D eigenvalue weighted by Gasteiger charge is -2.32. The van der Waals surface area contributed by atoms with Crippen LogP contribution in [-0.2, 0) is 0 Å². The maximum Gasteiger partial charge on any atom is 0.112 e. The summed E-state index contributed by atoms with van der Waals surface area (Å²) in [5, 5.41) is 6.05. The molecule has 0 aromatic carbocycles. The molecule has 0 saturated heterocycles. The van der Waals surface area contributed by atoms with Crippen LogP contribution < -0.4 is 22.1 Å². The van der Waals surface area contributed by atoms with E-state index in [0.29, 0.717) is 12.1 Å². The first kappa shape index (κ1) is 9.09. The molecule has 0 spiro atoms. The van der Waals surface area contributed by atoms with Crippen molar-refractivity contribution in [3.63, 3.8) is 0 Å². The fourth-order valence-corrected chi connectivity index (χ4v) is 1.20. The molecule has 1 aliphatic carbocycles. The fourth-order valence-electron chi connectivity index (χ4n) is 1.20. The Morgan fingerprint density at radius 1 is 1.42 bits per heavy atom. The average Bonchev–Trinajstić information content (AvgIpc) is 2.10. The Hall–Kier alpha value is -1.00. The van der Waals surface area contributed by atoms with Crippen LogP contribution in [0.2, 0.25) is 0 Å². The molecule has 0 heterocycles. The molecular weight excluding hydrogens is 152 g/mol. The normalized spacial score (nSPS) is 29.2. The number of nitrogens with two attached hydrogens (primary N) is 2. The molecule has 1 unspecified atom stereocenters. The van der Waals surface area contributed by atoms with Crippen molar-refractivity contribution in [2.24, 2.45) is 11.5 Å². The van der Waals surface area contributed by atoms with Crippen molar-refractivity contribution in [2.75, 3.05) is 14.1 Å². The molecule has 1 atom stereocenters. The van der Waals surface area contributed by atoms with E-state index >= 15 is 0 Å². The quantitative estimate of drug-likeness (QED) is 0.408. The van der Waals surface area contributed by atoms with E-state index in [0.717, 1.165) is 5.70 Å². The van der Waals surface area contributed by atoms with E-state index in [1.807, 2.05) is 19.2 Å². The van der Waals surface area contributed by atoms with Crippen molar-refractivity contribution in [2.45, 2.75) is 12.1 Å². The van der Waals surface area contributed by atoms with Gasteiger partial charge in [-0.25, -0.2) is 0 Å². The highest BCUT2D eigenvalue weighted by Gasteiger charge is 2.28. The van der Waals surface area contributed by atoms with Crippen molar-refractivity contribution in [1.29, 1.82) is 0 Å². The second-order valence-corrected chi connectivity index (χ2v) is 2.96. The largest absolute Gasteiger partial charge is 0.399 e. The molecule has 0 amide bonds. The summed E-state index contributed by atoms with van der Waals surface area (Å²) in [6.45, 7) is 0. The SMILES string of the molecule is CNC1=CC=C(N)C(N)(NC)C1. The van der Waals surface area contributed by atoms with E-state index in [9.17, 15) is 0 Å². The number of likely N-dealkylation sites (N-methyl/N-ethyl adjacent to an activating group) is 1. The molecule has 0 aromatic rings. The first-order valence-electron chi connectivity index (χ1n) is 3.95. The average molecular weight is 168 g/mol. The van der Waals surface area contributed by atoms with Gasteiger partial charge in [0.25, 0.3) is 0 Å². The number of hydrogen-bond acceptors (Lipinski definition) is 4. The van der Waals surface area contributed by atoms with E-state index in [1.54, 1.807) is 7.05 Å².